The molecule has 0 aromatic carbocycles. The van der Waals surface area contributed by atoms with Gasteiger partial charge in [0, 0.05) is 25.7 Å². The van der Waals surface area contributed by atoms with E-state index in [9.17, 15) is 0 Å². The Morgan fingerprint density at radius 2 is 1.95 bits per heavy atom. The second kappa shape index (κ2) is 6.31. The highest BCUT2D eigenvalue weighted by atomic mass is 35.5. The molecule has 1 aromatic heterocycles. The van der Waals surface area contributed by atoms with Gasteiger partial charge in [0.2, 0.25) is 0 Å². The van der Waals surface area contributed by atoms with Crippen LogP contribution in [0.3, 0.4) is 0 Å². The van der Waals surface area contributed by atoms with E-state index in [4.69, 9.17) is 16.6 Å². The molecule has 0 radical (unpaired) electrons. The van der Waals surface area contributed by atoms with E-state index in [2.05, 4.69) is 23.3 Å². The van der Waals surface area contributed by atoms with Gasteiger partial charge in [-0.2, -0.15) is 0 Å². The van der Waals surface area contributed by atoms with Crippen LogP contribution in [0.1, 0.15) is 50.6 Å². The molecule has 1 heterocycles. The number of rotatable bonds is 5. The smallest absolute Gasteiger partial charge is 0.128 e. The van der Waals surface area contributed by atoms with Crippen molar-refractivity contribution in [1.29, 1.82) is 0 Å². The quantitative estimate of drug-likeness (QED) is 0.896. The number of halogens is 1. The van der Waals surface area contributed by atoms with Crippen molar-refractivity contribution in [2.75, 3.05) is 11.9 Å². The molecule has 2 aliphatic rings. The Balaban J connectivity index is 1.69. The largest absolute Gasteiger partial charge is 0.357 e. The van der Waals surface area contributed by atoms with Crippen LogP contribution in [0.2, 0.25) is 5.02 Å². The third-order valence-electron chi connectivity index (χ3n) is 4.52. The monoisotopic (exact) mass is 293 g/mol. The van der Waals surface area contributed by atoms with Gasteiger partial charge in [0.05, 0.1) is 10.7 Å². The standard InChI is InChI=1S/C16H24ClN3/c1-20(13-5-3-2-4-6-13)16-10-9-14(17)15(19-16)11-18-12-7-8-12/h9-10,12-13,18H,2-8,11H2,1H3. The van der Waals surface area contributed by atoms with Gasteiger partial charge in [-0.15, -0.1) is 0 Å². The molecule has 20 heavy (non-hydrogen) atoms. The Hall–Kier alpha value is -0.800. The number of nitrogens with one attached hydrogen (secondary N) is 1. The molecule has 0 amide bonds. The zero-order valence-electron chi connectivity index (χ0n) is 12.2. The fourth-order valence-electron chi connectivity index (χ4n) is 2.98. The Kier molecular flexibility index (Phi) is 4.47. The molecule has 0 spiro atoms. The number of hydrogen-bond acceptors (Lipinski definition) is 3. The lowest BCUT2D eigenvalue weighted by Gasteiger charge is -2.32. The van der Waals surface area contributed by atoms with Crippen molar-refractivity contribution in [3.8, 4) is 0 Å². The Bertz CT molecular complexity index is 453. The first kappa shape index (κ1) is 14.2. The summed E-state index contributed by atoms with van der Waals surface area (Å²) in [4.78, 5) is 7.12. The predicted octanol–water partition coefficient (Wildman–Crippen LogP) is 3.76. The van der Waals surface area contributed by atoms with Crippen LogP contribution in [0.4, 0.5) is 5.82 Å². The number of pyridine rings is 1. The van der Waals surface area contributed by atoms with E-state index in [1.165, 1.54) is 44.9 Å². The Labute approximate surface area is 126 Å². The second-order valence-electron chi connectivity index (χ2n) is 6.16. The van der Waals surface area contributed by atoms with Crippen LogP contribution in [0, 0.1) is 0 Å². The van der Waals surface area contributed by atoms with Gasteiger partial charge in [-0.05, 0) is 37.8 Å². The number of aromatic nitrogens is 1. The fourth-order valence-corrected chi connectivity index (χ4v) is 3.15. The Morgan fingerprint density at radius 1 is 1.20 bits per heavy atom. The predicted molar refractivity (Wildman–Crippen MR) is 84.4 cm³/mol. The number of anilines is 1. The van der Waals surface area contributed by atoms with Crippen LogP contribution < -0.4 is 10.2 Å². The first-order valence-electron chi connectivity index (χ1n) is 7.85. The number of nitrogens with zero attached hydrogens (tertiary/aromatic N) is 2. The van der Waals surface area contributed by atoms with Crippen molar-refractivity contribution in [3.63, 3.8) is 0 Å². The van der Waals surface area contributed by atoms with Crippen LogP contribution in [0.25, 0.3) is 0 Å². The highest BCUT2D eigenvalue weighted by Gasteiger charge is 2.22. The molecular weight excluding hydrogens is 270 g/mol. The molecule has 0 aliphatic heterocycles. The van der Waals surface area contributed by atoms with E-state index in [1.54, 1.807) is 0 Å². The molecule has 2 saturated carbocycles. The third-order valence-corrected chi connectivity index (χ3v) is 4.87. The van der Waals surface area contributed by atoms with E-state index in [0.717, 1.165) is 23.1 Å². The second-order valence-corrected chi connectivity index (χ2v) is 6.56. The third kappa shape index (κ3) is 3.44. The lowest BCUT2D eigenvalue weighted by atomic mass is 9.94. The molecule has 4 heteroatoms. The molecule has 0 bridgehead atoms. The highest BCUT2D eigenvalue weighted by Crippen LogP contribution is 2.27. The molecule has 3 nitrogen and oxygen atoms in total. The minimum Gasteiger partial charge on any atom is -0.357 e. The van der Waals surface area contributed by atoms with E-state index in [0.29, 0.717) is 12.1 Å². The van der Waals surface area contributed by atoms with Gasteiger partial charge in [-0.25, -0.2) is 4.98 Å². The van der Waals surface area contributed by atoms with Crippen molar-refractivity contribution in [1.82, 2.24) is 10.3 Å². The summed E-state index contributed by atoms with van der Waals surface area (Å²) < 4.78 is 0. The van der Waals surface area contributed by atoms with Gasteiger partial charge >= 0.3 is 0 Å². The van der Waals surface area contributed by atoms with Crippen molar-refractivity contribution >= 4 is 17.4 Å². The molecule has 3 rings (SSSR count). The lowest BCUT2D eigenvalue weighted by Crippen LogP contribution is -2.34. The summed E-state index contributed by atoms with van der Waals surface area (Å²) in [5, 5.41) is 4.27. The summed E-state index contributed by atoms with van der Waals surface area (Å²) >= 11 is 6.27. The minimum absolute atomic E-state index is 0.640. The highest BCUT2D eigenvalue weighted by molar-refractivity contribution is 6.31. The first-order chi connectivity index (χ1) is 9.74. The molecular formula is C16H24ClN3. The molecule has 0 unspecified atom stereocenters. The number of hydrogen-bond donors (Lipinski definition) is 1. The van der Waals surface area contributed by atoms with Crippen LogP contribution in [-0.4, -0.2) is 24.1 Å². The molecule has 1 aromatic rings. The van der Waals surface area contributed by atoms with Crippen molar-refractivity contribution < 1.29 is 0 Å². The molecule has 0 saturated heterocycles. The van der Waals surface area contributed by atoms with Crippen LogP contribution >= 0.6 is 11.6 Å². The summed E-state index contributed by atoms with van der Waals surface area (Å²) in [6.45, 7) is 0.788. The normalized spacial score (nSPS) is 20.1. The van der Waals surface area contributed by atoms with Crippen molar-refractivity contribution in [2.45, 2.75) is 63.6 Å². The van der Waals surface area contributed by atoms with Crippen molar-refractivity contribution in [3.05, 3.63) is 22.8 Å². The summed E-state index contributed by atoms with van der Waals surface area (Å²) in [6, 6.07) is 5.37. The maximum atomic E-state index is 6.27. The molecule has 2 fully saturated rings. The summed E-state index contributed by atoms with van der Waals surface area (Å²) in [6.07, 6.45) is 9.23. The van der Waals surface area contributed by atoms with E-state index in [-0.39, 0.29) is 0 Å². The summed E-state index contributed by atoms with van der Waals surface area (Å²) in [5.74, 6) is 1.06. The first-order valence-corrected chi connectivity index (χ1v) is 8.23. The van der Waals surface area contributed by atoms with Crippen LogP contribution in [0.15, 0.2) is 12.1 Å². The van der Waals surface area contributed by atoms with Gasteiger partial charge in [-0.3, -0.25) is 0 Å². The topological polar surface area (TPSA) is 28.2 Å². The zero-order valence-corrected chi connectivity index (χ0v) is 13.0. The average Bonchev–Trinajstić information content (AvgIpc) is 3.31. The van der Waals surface area contributed by atoms with Gasteiger partial charge < -0.3 is 10.2 Å². The maximum Gasteiger partial charge on any atom is 0.128 e. The summed E-state index contributed by atoms with van der Waals surface area (Å²) in [7, 11) is 2.17. The van der Waals surface area contributed by atoms with E-state index >= 15 is 0 Å². The van der Waals surface area contributed by atoms with Gasteiger partial charge in [0.15, 0.2) is 0 Å². The minimum atomic E-state index is 0.640. The van der Waals surface area contributed by atoms with E-state index in [1.807, 2.05) is 6.07 Å². The zero-order chi connectivity index (χ0) is 13.9. The fraction of sp³-hybridized carbons (Fsp3) is 0.688. The SMILES string of the molecule is CN(c1ccc(Cl)c(CNC2CC2)n1)C1CCCCC1. The van der Waals surface area contributed by atoms with Crippen molar-refractivity contribution in [2.24, 2.45) is 0 Å². The molecule has 110 valence electrons. The van der Waals surface area contributed by atoms with Gasteiger partial charge in [-0.1, -0.05) is 30.9 Å². The van der Waals surface area contributed by atoms with Crippen LogP contribution in [0.5, 0.6) is 0 Å². The summed E-state index contributed by atoms with van der Waals surface area (Å²) in [5.41, 5.74) is 0.985. The van der Waals surface area contributed by atoms with E-state index < -0.39 is 0 Å². The lowest BCUT2D eigenvalue weighted by molar-refractivity contribution is 0.426. The molecule has 0 atom stereocenters. The molecule has 1 N–H and O–H groups in total. The van der Waals surface area contributed by atoms with Gasteiger partial charge in [0.25, 0.3) is 0 Å². The van der Waals surface area contributed by atoms with Gasteiger partial charge in [0.1, 0.15) is 5.82 Å². The molecule has 2 aliphatic carbocycles. The maximum absolute atomic E-state index is 6.27. The Morgan fingerprint density at radius 3 is 2.65 bits per heavy atom. The van der Waals surface area contributed by atoms with Crippen LogP contribution in [-0.2, 0) is 6.54 Å². The average molecular weight is 294 g/mol.